The van der Waals surface area contributed by atoms with Crippen molar-refractivity contribution in [3.63, 3.8) is 0 Å². The van der Waals surface area contributed by atoms with E-state index in [0.29, 0.717) is 5.92 Å². The zero-order valence-corrected chi connectivity index (χ0v) is 16.0. The van der Waals surface area contributed by atoms with Crippen LogP contribution in [0.5, 0.6) is 0 Å². The minimum Gasteiger partial charge on any atom is -0.377 e. The number of benzene rings is 1. The second-order valence-electron chi connectivity index (χ2n) is 6.96. The van der Waals surface area contributed by atoms with Gasteiger partial charge >= 0.3 is 0 Å². The monoisotopic (exact) mass is 384 g/mol. The van der Waals surface area contributed by atoms with Gasteiger partial charge in [0.15, 0.2) is 5.16 Å². The molecular formula is C20H20N2O2S2. The van der Waals surface area contributed by atoms with Gasteiger partial charge in [-0.15, -0.1) is 11.3 Å². The van der Waals surface area contributed by atoms with Crippen LogP contribution in [0.2, 0.25) is 0 Å². The summed E-state index contributed by atoms with van der Waals surface area (Å²) >= 11 is 3.24. The number of thioether (sulfide) groups is 1. The Kier molecular flexibility index (Phi) is 4.35. The second-order valence-corrected chi connectivity index (χ2v) is 8.81. The van der Waals surface area contributed by atoms with Crippen LogP contribution in [0, 0.1) is 0 Å². The molecule has 3 heterocycles. The van der Waals surface area contributed by atoms with Gasteiger partial charge in [-0.25, -0.2) is 4.98 Å². The summed E-state index contributed by atoms with van der Waals surface area (Å²) in [6.45, 7) is 0.846. The third-order valence-electron chi connectivity index (χ3n) is 5.06. The fourth-order valence-corrected chi connectivity index (χ4v) is 5.67. The molecule has 0 amide bonds. The predicted molar refractivity (Wildman–Crippen MR) is 107 cm³/mol. The van der Waals surface area contributed by atoms with Crippen molar-refractivity contribution in [1.82, 2.24) is 9.55 Å². The summed E-state index contributed by atoms with van der Waals surface area (Å²) in [6.07, 6.45) is 4.86. The van der Waals surface area contributed by atoms with Crippen molar-refractivity contribution in [3.8, 4) is 5.69 Å². The molecule has 26 heavy (non-hydrogen) atoms. The smallest absolute Gasteiger partial charge is 0.267 e. The lowest BCUT2D eigenvalue weighted by molar-refractivity contribution is 0.129. The Morgan fingerprint density at radius 2 is 2.08 bits per heavy atom. The lowest BCUT2D eigenvalue weighted by Gasteiger charge is -2.14. The lowest BCUT2D eigenvalue weighted by Crippen LogP contribution is -2.22. The molecule has 6 heteroatoms. The summed E-state index contributed by atoms with van der Waals surface area (Å²) in [5.41, 5.74) is 2.15. The van der Waals surface area contributed by atoms with Crippen molar-refractivity contribution < 1.29 is 4.74 Å². The molecule has 1 aliphatic heterocycles. The highest BCUT2D eigenvalue weighted by molar-refractivity contribution is 7.99. The molecule has 0 N–H and O–H groups in total. The number of ether oxygens (including phenoxy) is 1. The van der Waals surface area contributed by atoms with E-state index in [9.17, 15) is 4.79 Å². The van der Waals surface area contributed by atoms with Crippen molar-refractivity contribution >= 4 is 33.3 Å². The number of thiophene rings is 1. The van der Waals surface area contributed by atoms with E-state index in [1.807, 2.05) is 30.3 Å². The average molecular weight is 385 g/mol. The molecule has 1 atom stereocenters. The van der Waals surface area contributed by atoms with Gasteiger partial charge in [0, 0.05) is 12.4 Å². The van der Waals surface area contributed by atoms with Crippen molar-refractivity contribution in [2.45, 2.75) is 42.9 Å². The number of hydrogen-bond acceptors (Lipinski definition) is 5. The van der Waals surface area contributed by atoms with E-state index in [4.69, 9.17) is 9.72 Å². The third kappa shape index (κ3) is 3.00. The molecule has 5 rings (SSSR count). The van der Waals surface area contributed by atoms with E-state index < -0.39 is 0 Å². The van der Waals surface area contributed by atoms with Gasteiger partial charge < -0.3 is 4.74 Å². The molecule has 2 fully saturated rings. The molecule has 1 saturated carbocycles. The van der Waals surface area contributed by atoms with Gasteiger partial charge in [-0.2, -0.15) is 0 Å². The van der Waals surface area contributed by atoms with Crippen molar-refractivity contribution in [1.29, 1.82) is 0 Å². The van der Waals surface area contributed by atoms with E-state index in [1.165, 1.54) is 18.4 Å². The van der Waals surface area contributed by atoms with E-state index in [2.05, 4.69) is 5.38 Å². The van der Waals surface area contributed by atoms with Gasteiger partial charge in [0.25, 0.3) is 5.56 Å². The molecule has 1 aliphatic carbocycles. The summed E-state index contributed by atoms with van der Waals surface area (Å²) in [6, 6.07) is 9.87. The van der Waals surface area contributed by atoms with Crippen molar-refractivity contribution in [2.24, 2.45) is 0 Å². The number of aromatic nitrogens is 2. The highest BCUT2D eigenvalue weighted by Gasteiger charge is 2.29. The van der Waals surface area contributed by atoms with Crippen LogP contribution in [-0.2, 0) is 4.74 Å². The molecule has 2 aromatic heterocycles. The fraction of sp³-hybridized carbons (Fsp3) is 0.400. The molecule has 0 spiro atoms. The molecule has 1 aromatic carbocycles. The molecule has 134 valence electrons. The van der Waals surface area contributed by atoms with Crippen LogP contribution in [0.3, 0.4) is 0 Å². The van der Waals surface area contributed by atoms with Gasteiger partial charge in [-0.05, 0) is 54.7 Å². The highest BCUT2D eigenvalue weighted by atomic mass is 32.2. The van der Waals surface area contributed by atoms with Gasteiger partial charge in [0.1, 0.15) is 4.83 Å². The first kappa shape index (κ1) is 16.5. The Balaban J connectivity index is 1.63. The van der Waals surface area contributed by atoms with E-state index in [1.54, 1.807) is 27.7 Å². The molecule has 2 aliphatic rings. The summed E-state index contributed by atoms with van der Waals surface area (Å²) in [4.78, 5) is 19.2. The third-order valence-corrected chi connectivity index (χ3v) is 7.02. The maximum atomic E-state index is 13.4. The highest BCUT2D eigenvalue weighted by Crippen LogP contribution is 2.44. The molecule has 1 saturated heterocycles. The van der Waals surface area contributed by atoms with Gasteiger partial charge in [-0.1, -0.05) is 30.0 Å². The Labute approximate surface area is 160 Å². The Bertz CT molecular complexity index is 986. The first-order valence-corrected chi connectivity index (χ1v) is 11.0. The fourth-order valence-electron chi connectivity index (χ4n) is 3.53. The van der Waals surface area contributed by atoms with Crippen LogP contribution in [0.1, 0.15) is 37.2 Å². The maximum Gasteiger partial charge on any atom is 0.267 e. The minimum absolute atomic E-state index is 0.0687. The van der Waals surface area contributed by atoms with Crippen LogP contribution in [0.25, 0.3) is 15.9 Å². The minimum atomic E-state index is 0.0687. The zero-order valence-electron chi connectivity index (χ0n) is 14.4. The number of nitrogens with zero attached hydrogens (tertiary/aromatic N) is 2. The molecule has 4 nitrogen and oxygen atoms in total. The first-order chi connectivity index (χ1) is 12.8. The Morgan fingerprint density at radius 3 is 2.81 bits per heavy atom. The number of para-hydroxylation sites is 1. The van der Waals surface area contributed by atoms with Gasteiger partial charge in [-0.3, -0.25) is 9.36 Å². The predicted octanol–water partition coefficient (Wildman–Crippen LogP) is 4.60. The number of fused-ring (bicyclic) bond motifs is 1. The molecule has 3 aromatic rings. The quantitative estimate of drug-likeness (QED) is 0.476. The topological polar surface area (TPSA) is 44.1 Å². The van der Waals surface area contributed by atoms with E-state index >= 15 is 0 Å². The maximum absolute atomic E-state index is 13.4. The Hall–Kier alpha value is -1.63. The van der Waals surface area contributed by atoms with Crippen molar-refractivity contribution in [3.05, 3.63) is 51.6 Å². The summed E-state index contributed by atoms with van der Waals surface area (Å²) < 4.78 is 7.54. The van der Waals surface area contributed by atoms with Gasteiger partial charge in [0.05, 0.1) is 17.2 Å². The largest absolute Gasteiger partial charge is 0.377 e. The summed E-state index contributed by atoms with van der Waals surface area (Å²) in [5, 5.41) is 3.73. The first-order valence-electron chi connectivity index (χ1n) is 9.15. The summed E-state index contributed by atoms with van der Waals surface area (Å²) in [5.74, 6) is 1.39. The molecule has 0 radical (unpaired) electrons. The van der Waals surface area contributed by atoms with Crippen LogP contribution in [-0.4, -0.2) is 28.0 Å². The zero-order chi connectivity index (χ0) is 17.5. The molecular weight excluding hydrogens is 364 g/mol. The second kappa shape index (κ2) is 6.83. The standard InChI is InChI=1S/C20H20N2O2S2/c23-19-17-16(13-8-9-13)12-25-18(17)21-20(26-11-15-7-4-10-24-15)22(19)14-5-2-1-3-6-14/h1-3,5-6,12-13,15H,4,7-11H2. The lowest BCUT2D eigenvalue weighted by atomic mass is 10.1. The van der Waals surface area contributed by atoms with Crippen molar-refractivity contribution in [2.75, 3.05) is 12.4 Å². The van der Waals surface area contributed by atoms with Crippen LogP contribution < -0.4 is 5.56 Å². The molecule has 0 bridgehead atoms. The normalized spacial score (nSPS) is 20.1. The van der Waals surface area contributed by atoms with Gasteiger partial charge in [0.2, 0.25) is 0 Å². The average Bonchev–Trinajstić information content (AvgIpc) is 3.20. The number of rotatable bonds is 5. The van der Waals surface area contributed by atoms with E-state index in [-0.39, 0.29) is 11.7 Å². The van der Waals surface area contributed by atoms with Crippen LogP contribution in [0.4, 0.5) is 0 Å². The summed E-state index contributed by atoms with van der Waals surface area (Å²) in [7, 11) is 0. The SMILES string of the molecule is O=c1c2c(C3CC3)csc2nc(SCC2CCCO2)n1-c1ccccc1. The molecule has 1 unspecified atom stereocenters. The van der Waals surface area contributed by atoms with Crippen LogP contribution in [0.15, 0.2) is 45.7 Å². The van der Waals surface area contributed by atoms with E-state index in [0.717, 1.165) is 46.3 Å². The Morgan fingerprint density at radius 1 is 1.23 bits per heavy atom. The van der Waals surface area contributed by atoms with Crippen LogP contribution >= 0.6 is 23.1 Å². The number of hydrogen-bond donors (Lipinski definition) is 0.